The van der Waals surface area contributed by atoms with Crippen LogP contribution in [0.2, 0.25) is 5.02 Å². The second-order valence-corrected chi connectivity index (χ2v) is 6.45. The van der Waals surface area contributed by atoms with Gasteiger partial charge in [0, 0.05) is 22.8 Å². The molecule has 0 aliphatic carbocycles. The van der Waals surface area contributed by atoms with E-state index in [1.807, 2.05) is 25.1 Å². The lowest BCUT2D eigenvalue weighted by atomic mass is 10.2. The molecule has 0 unspecified atom stereocenters. The summed E-state index contributed by atoms with van der Waals surface area (Å²) in [4.78, 5) is 35.5. The van der Waals surface area contributed by atoms with Crippen molar-refractivity contribution in [2.75, 3.05) is 17.2 Å². The van der Waals surface area contributed by atoms with Crippen LogP contribution < -0.4 is 10.6 Å². The second-order valence-electron chi connectivity index (χ2n) is 6.04. The smallest absolute Gasteiger partial charge is 0.306 e. The minimum atomic E-state index is -0.618. The molecule has 6 nitrogen and oxygen atoms in total. The molecule has 0 aromatic heterocycles. The maximum absolute atomic E-state index is 11.9. The first-order chi connectivity index (χ1) is 12.8. The zero-order valence-corrected chi connectivity index (χ0v) is 15.9. The fourth-order valence-electron chi connectivity index (χ4n) is 2.31. The van der Waals surface area contributed by atoms with Crippen LogP contribution >= 0.6 is 11.6 Å². The highest BCUT2D eigenvalue weighted by Gasteiger charge is 2.12. The minimum Gasteiger partial charge on any atom is -0.456 e. The van der Waals surface area contributed by atoms with E-state index < -0.39 is 18.5 Å². The molecule has 27 heavy (non-hydrogen) atoms. The Morgan fingerprint density at radius 3 is 2.44 bits per heavy atom. The minimum absolute atomic E-state index is 0.0260. The highest BCUT2D eigenvalue weighted by Crippen LogP contribution is 2.22. The van der Waals surface area contributed by atoms with Gasteiger partial charge in [0.2, 0.25) is 5.91 Å². The fourth-order valence-corrected chi connectivity index (χ4v) is 2.48. The van der Waals surface area contributed by atoms with Crippen molar-refractivity contribution in [1.82, 2.24) is 0 Å². The Hall–Kier alpha value is -2.86. The van der Waals surface area contributed by atoms with Gasteiger partial charge >= 0.3 is 5.97 Å². The van der Waals surface area contributed by atoms with Gasteiger partial charge < -0.3 is 15.4 Å². The number of aryl methyl sites for hydroxylation is 1. The summed E-state index contributed by atoms with van der Waals surface area (Å²) in [6, 6.07) is 12.5. The van der Waals surface area contributed by atoms with Crippen LogP contribution in [0, 0.1) is 13.8 Å². The van der Waals surface area contributed by atoms with Crippen molar-refractivity contribution in [1.29, 1.82) is 0 Å². The number of anilines is 2. The van der Waals surface area contributed by atoms with E-state index >= 15 is 0 Å². The first-order valence-corrected chi connectivity index (χ1v) is 8.80. The number of esters is 1. The van der Waals surface area contributed by atoms with Crippen molar-refractivity contribution < 1.29 is 19.1 Å². The monoisotopic (exact) mass is 388 g/mol. The third-order valence-electron chi connectivity index (χ3n) is 3.76. The number of benzene rings is 2. The molecule has 0 aliphatic heterocycles. The van der Waals surface area contributed by atoms with E-state index in [1.165, 1.54) is 0 Å². The van der Waals surface area contributed by atoms with Gasteiger partial charge in [-0.25, -0.2) is 0 Å². The van der Waals surface area contributed by atoms with Crippen molar-refractivity contribution in [2.45, 2.75) is 26.7 Å². The summed E-state index contributed by atoms with van der Waals surface area (Å²) in [7, 11) is 0. The molecule has 0 heterocycles. The maximum Gasteiger partial charge on any atom is 0.306 e. The van der Waals surface area contributed by atoms with Crippen LogP contribution in [0.5, 0.6) is 0 Å². The average molecular weight is 389 g/mol. The van der Waals surface area contributed by atoms with E-state index in [0.29, 0.717) is 16.4 Å². The third kappa shape index (κ3) is 6.75. The number of hydrogen-bond donors (Lipinski definition) is 2. The number of ether oxygens (including phenoxy) is 1. The Bertz CT molecular complexity index is 852. The van der Waals surface area contributed by atoms with E-state index in [9.17, 15) is 14.4 Å². The third-order valence-corrected chi connectivity index (χ3v) is 4.17. The van der Waals surface area contributed by atoms with Gasteiger partial charge in [0.1, 0.15) is 0 Å². The maximum atomic E-state index is 11.9. The van der Waals surface area contributed by atoms with Crippen LogP contribution in [0.1, 0.15) is 24.0 Å². The number of hydrogen-bond acceptors (Lipinski definition) is 4. The van der Waals surface area contributed by atoms with Crippen LogP contribution in [-0.4, -0.2) is 24.4 Å². The molecule has 7 heteroatoms. The van der Waals surface area contributed by atoms with Gasteiger partial charge in [-0.1, -0.05) is 29.8 Å². The summed E-state index contributed by atoms with van der Waals surface area (Å²) in [5.41, 5.74) is 2.98. The second kappa shape index (κ2) is 9.73. The molecule has 0 aliphatic rings. The molecule has 2 amide bonds. The average Bonchev–Trinajstić information content (AvgIpc) is 2.62. The molecule has 0 saturated heterocycles. The van der Waals surface area contributed by atoms with E-state index in [2.05, 4.69) is 10.6 Å². The van der Waals surface area contributed by atoms with Crippen molar-refractivity contribution in [3.05, 3.63) is 58.6 Å². The molecule has 0 bridgehead atoms. The van der Waals surface area contributed by atoms with Crippen molar-refractivity contribution in [2.24, 2.45) is 0 Å². The summed E-state index contributed by atoms with van der Waals surface area (Å²) in [5, 5.41) is 5.87. The number of carbonyl (C=O) groups excluding carboxylic acids is 3. The molecule has 2 aromatic carbocycles. The lowest BCUT2D eigenvalue weighted by molar-refractivity contribution is -0.147. The summed E-state index contributed by atoms with van der Waals surface area (Å²) >= 11 is 5.99. The Morgan fingerprint density at radius 2 is 1.70 bits per heavy atom. The lowest BCUT2D eigenvalue weighted by Crippen LogP contribution is -2.22. The summed E-state index contributed by atoms with van der Waals surface area (Å²) in [6.45, 7) is 3.27. The molecule has 142 valence electrons. The Labute approximate surface area is 162 Å². The molecular formula is C20H21ClN2O4. The molecule has 0 spiro atoms. The number of carbonyl (C=O) groups is 3. The predicted octanol–water partition coefficient (Wildman–Crippen LogP) is 3.86. The van der Waals surface area contributed by atoms with Crippen LogP contribution in [0.3, 0.4) is 0 Å². The Balaban J connectivity index is 1.71. The van der Waals surface area contributed by atoms with Crippen molar-refractivity contribution >= 4 is 40.8 Å². The molecule has 0 fully saturated rings. The fraction of sp³-hybridized carbons (Fsp3) is 0.250. The number of halogens is 1. The standard InChI is InChI=1S/C20H21ClN2O4/c1-13-5-3-6-15(11-13)22-18(24)9-10-20(26)27-12-19(25)23-17-8-4-7-16(21)14(17)2/h3-8,11H,9-10,12H2,1-2H3,(H,22,24)(H,23,25). The van der Waals surface area contributed by atoms with E-state index in [4.69, 9.17) is 16.3 Å². The lowest BCUT2D eigenvalue weighted by Gasteiger charge is -2.10. The van der Waals surface area contributed by atoms with Crippen LogP contribution in [0.25, 0.3) is 0 Å². The summed E-state index contributed by atoms with van der Waals surface area (Å²) < 4.78 is 4.90. The Kier molecular flexibility index (Phi) is 7.37. The molecule has 0 atom stereocenters. The largest absolute Gasteiger partial charge is 0.456 e. The van der Waals surface area contributed by atoms with Gasteiger partial charge in [0.05, 0.1) is 6.42 Å². The zero-order valence-electron chi connectivity index (χ0n) is 15.2. The molecule has 0 radical (unpaired) electrons. The Morgan fingerprint density at radius 1 is 0.963 bits per heavy atom. The van der Waals surface area contributed by atoms with Gasteiger partial charge in [0.15, 0.2) is 6.61 Å². The van der Waals surface area contributed by atoms with Crippen LogP contribution in [-0.2, 0) is 19.1 Å². The molecular weight excluding hydrogens is 368 g/mol. The van der Waals surface area contributed by atoms with E-state index in [1.54, 1.807) is 31.2 Å². The summed E-state index contributed by atoms with van der Waals surface area (Å²) in [6.07, 6.45) is -0.136. The number of amides is 2. The van der Waals surface area contributed by atoms with Crippen molar-refractivity contribution in [3.8, 4) is 0 Å². The van der Waals surface area contributed by atoms with E-state index in [0.717, 1.165) is 11.1 Å². The van der Waals surface area contributed by atoms with Gasteiger partial charge in [-0.05, 0) is 49.2 Å². The molecule has 2 aromatic rings. The zero-order chi connectivity index (χ0) is 19.8. The quantitative estimate of drug-likeness (QED) is 0.705. The van der Waals surface area contributed by atoms with Crippen LogP contribution in [0.15, 0.2) is 42.5 Å². The van der Waals surface area contributed by atoms with Gasteiger partial charge in [-0.2, -0.15) is 0 Å². The van der Waals surface area contributed by atoms with Crippen LogP contribution in [0.4, 0.5) is 11.4 Å². The highest BCUT2D eigenvalue weighted by molar-refractivity contribution is 6.31. The highest BCUT2D eigenvalue weighted by atomic mass is 35.5. The SMILES string of the molecule is Cc1cccc(NC(=O)CCC(=O)OCC(=O)Nc2cccc(Cl)c2C)c1. The molecule has 2 N–H and O–H groups in total. The normalized spacial score (nSPS) is 10.2. The predicted molar refractivity (Wildman–Crippen MR) is 105 cm³/mol. The number of rotatable bonds is 7. The molecule has 2 rings (SSSR count). The van der Waals surface area contributed by atoms with Gasteiger partial charge in [-0.15, -0.1) is 0 Å². The first-order valence-electron chi connectivity index (χ1n) is 8.42. The first kappa shape index (κ1) is 20.5. The summed E-state index contributed by atoms with van der Waals surface area (Å²) in [5.74, 6) is -1.39. The van der Waals surface area contributed by atoms with Gasteiger partial charge in [-0.3, -0.25) is 14.4 Å². The topological polar surface area (TPSA) is 84.5 Å². The van der Waals surface area contributed by atoms with Gasteiger partial charge in [0.25, 0.3) is 5.91 Å². The molecule has 0 saturated carbocycles. The van der Waals surface area contributed by atoms with Crippen molar-refractivity contribution in [3.63, 3.8) is 0 Å². The number of nitrogens with one attached hydrogen (secondary N) is 2. The van der Waals surface area contributed by atoms with E-state index in [-0.39, 0.29) is 18.7 Å².